The molecule has 2 heterocycles. The molecule has 0 spiro atoms. The van der Waals surface area contributed by atoms with Crippen molar-refractivity contribution in [3.63, 3.8) is 0 Å². The van der Waals surface area contributed by atoms with Crippen LogP contribution in [0.15, 0.2) is 48.5 Å². The minimum Gasteiger partial charge on any atom is -0.371 e. The Morgan fingerprint density at radius 3 is 2.50 bits per heavy atom. The molecule has 170 valence electrons. The average molecular weight is 439 g/mol. The van der Waals surface area contributed by atoms with Crippen molar-refractivity contribution in [3.8, 4) is 0 Å². The minimum absolute atomic E-state index is 0.147. The fourth-order valence-electron chi connectivity index (χ4n) is 4.71. The van der Waals surface area contributed by atoms with Gasteiger partial charge in [-0.3, -0.25) is 14.5 Å². The maximum absolute atomic E-state index is 13.3. The van der Waals surface area contributed by atoms with Gasteiger partial charge in [-0.05, 0) is 61.2 Å². The Kier molecular flexibility index (Phi) is 7.37. The molecule has 0 unspecified atom stereocenters. The molecule has 6 nitrogen and oxygen atoms in total. The maximum atomic E-state index is 13.3. The van der Waals surface area contributed by atoms with Gasteiger partial charge in [-0.1, -0.05) is 12.1 Å². The molecule has 2 amide bonds. The van der Waals surface area contributed by atoms with Crippen LogP contribution in [-0.2, 0) is 16.0 Å². The summed E-state index contributed by atoms with van der Waals surface area (Å²) in [6.07, 6.45) is 4.40. The molecule has 4 rings (SSSR count). The van der Waals surface area contributed by atoms with Gasteiger partial charge >= 0.3 is 0 Å². The second-order valence-electron chi connectivity index (χ2n) is 8.65. The van der Waals surface area contributed by atoms with Crippen LogP contribution >= 0.6 is 0 Å². The Morgan fingerprint density at radius 2 is 1.78 bits per heavy atom. The van der Waals surface area contributed by atoms with Gasteiger partial charge in [0.1, 0.15) is 5.82 Å². The number of nitrogens with zero attached hydrogens (tertiary/aromatic N) is 3. The zero-order valence-corrected chi connectivity index (χ0v) is 18.4. The molecule has 0 atom stereocenters. The van der Waals surface area contributed by atoms with Gasteiger partial charge in [0.05, 0.1) is 6.42 Å². The van der Waals surface area contributed by atoms with E-state index in [4.69, 9.17) is 0 Å². The summed E-state index contributed by atoms with van der Waals surface area (Å²) >= 11 is 0. The summed E-state index contributed by atoms with van der Waals surface area (Å²) in [4.78, 5) is 30.1. The predicted octanol–water partition coefficient (Wildman–Crippen LogP) is 3.14. The molecule has 0 aliphatic carbocycles. The summed E-state index contributed by atoms with van der Waals surface area (Å²) in [5.41, 5.74) is 2.56. The third kappa shape index (κ3) is 5.85. The molecule has 2 aliphatic rings. The molecule has 2 aromatic rings. The molecule has 2 aliphatic heterocycles. The van der Waals surface area contributed by atoms with E-state index in [2.05, 4.69) is 15.1 Å². The van der Waals surface area contributed by atoms with Gasteiger partial charge < -0.3 is 15.1 Å². The van der Waals surface area contributed by atoms with Crippen LogP contribution in [-0.4, -0.2) is 67.4 Å². The highest BCUT2D eigenvalue weighted by Crippen LogP contribution is 2.25. The molecule has 0 bridgehead atoms. The first kappa shape index (κ1) is 22.3. The normalized spacial score (nSPS) is 18.3. The van der Waals surface area contributed by atoms with Crippen LogP contribution in [0.25, 0.3) is 0 Å². The molecule has 32 heavy (non-hydrogen) atoms. The van der Waals surface area contributed by atoms with Gasteiger partial charge in [-0.2, -0.15) is 0 Å². The Balaban J connectivity index is 1.26. The number of nitrogens with one attached hydrogen (secondary N) is 1. The Bertz CT molecular complexity index is 912. The maximum Gasteiger partial charge on any atom is 0.228 e. The van der Waals surface area contributed by atoms with E-state index >= 15 is 0 Å². The third-order valence-electron chi connectivity index (χ3n) is 6.46. The van der Waals surface area contributed by atoms with Gasteiger partial charge in [-0.15, -0.1) is 0 Å². The van der Waals surface area contributed by atoms with Crippen LogP contribution in [0.3, 0.4) is 0 Å². The van der Waals surface area contributed by atoms with Gasteiger partial charge in [0.25, 0.3) is 0 Å². The summed E-state index contributed by atoms with van der Waals surface area (Å²) in [6, 6.07) is 14.6. The number of rotatable bonds is 6. The number of anilines is 2. The molecular formula is C25H31FN4O2. The smallest absolute Gasteiger partial charge is 0.228 e. The van der Waals surface area contributed by atoms with Crippen molar-refractivity contribution >= 4 is 23.7 Å². The first-order chi connectivity index (χ1) is 15.6. The second kappa shape index (κ2) is 10.6. The molecular weight excluding hydrogens is 407 g/mol. The van der Waals surface area contributed by atoms with Crippen molar-refractivity contribution in [1.82, 2.24) is 9.80 Å². The van der Waals surface area contributed by atoms with Crippen LogP contribution in [0, 0.1) is 5.82 Å². The summed E-state index contributed by atoms with van der Waals surface area (Å²) in [6.45, 7) is 5.74. The van der Waals surface area contributed by atoms with Gasteiger partial charge in [0.15, 0.2) is 0 Å². The van der Waals surface area contributed by atoms with E-state index in [9.17, 15) is 14.0 Å². The van der Waals surface area contributed by atoms with Crippen molar-refractivity contribution in [2.45, 2.75) is 31.7 Å². The van der Waals surface area contributed by atoms with Crippen LogP contribution in [0.5, 0.6) is 0 Å². The molecule has 1 N–H and O–H groups in total. The van der Waals surface area contributed by atoms with Crippen molar-refractivity contribution in [2.24, 2.45) is 0 Å². The van der Waals surface area contributed by atoms with E-state index in [1.54, 1.807) is 12.1 Å². The Labute approximate surface area is 189 Å². The largest absolute Gasteiger partial charge is 0.371 e. The first-order valence-corrected chi connectivity index (χ1v) is 11.4. The van der Waals surface area contributed by atoms with Crippen LogP contribution < -0.4 is 10.2 Å². The quantitative estimate of drug-likeness (QED) is 0.704. The van der Waals surface area contributed by atoms with Crippen molar-refractivity contribution in [1.29, 1.82) is 0 Å². The topological polar surface area (TPSA) is 55.9 Å². The number of halogens is 1. The van der Waals surface area contributed by atoms with Gasteiger partial charge in [0.2, 0.25) is 12.3 Å². The predicted molar refractivity (Wildman–Crippen MR) is 124 cm³/mol. The number of hydrogen-bond acceptors (Lipinski definition) is 4. The molecule has 2 saturated heterocycles. The van der Waals surface area contributed by atoms with Crippen LogP contribution in [0.2, 0.25) is 0 Å². The average Bonchev–Trinajstić information content (AvgIpc) is 3.05. The first-order valence-electron chi connectivity index (χ1n) is 11.4. The highest BCUT2D eigenvalue weighted by atomic mass is 19.1. The van der Waals surface area contributed by atoms with Crippen LogP contribution in [0.4, 0.5) is 15.8 Å². The number of carbonyl (C=O) groups is 2. The molecule has 7 heteroatoms. The molecule has 0 aromatic heterocycles. The lowest BCUT2D eigenvalue weighted by molar-refractivity contribution is -0.118. The monoisotopic (exact) mass is 438 g/mol. The van der Waals surface area contributed by atoms with Crippen molar-refractivity contribution in [3.05, 3.63) is 59.9 Å². The lowest BCUT2D eigenvalue weighted by Gasteiger charge is -2.39. The van der Waals surface area contributed by atoms with E-state index in [0.717, 1.165) is 76.3 Å². The van der Waals surface area contributed by atoms with E-state index in [-0.39, 0.29) is 18.1 Å². The highest BCUT2D eigenvalue weighted by Gasteiger charge is 2.26. The summed E-state index contributed by atoms with van der Waals surface area (Å²) in [5.74, 6) is -0.489. The van der Waals surface area contributed by atoms with Gasteiger partial charge in [0, 0.05) is 56.7 Å². The number of amides is 2. The Morgan fingerprint density at radius 1 is 1.00 bits per heavy atom. The summed E-state index contributed by atoms with van der Waals surface area (Å²) < 4.78 is 13.3. The number of carbonyl (C=O) groups excluding carboxylic acids is 2. The number of benzene rings is 2. The SMILES string of the molecule is O=CN1CCCN(C2CCN(c3ccc(NC(=O)Cc4cccc(F)c4)cc3)CC2)CC1. The van der Waals surface area contributed by atoms with E-state index < -0.39 is 0 Å². The van der Waals surface area contributed by atoms with Crippen molar-refractivity contribution in [2.75, 3.05) is 49.5 Å². The van der Waals surface area contributed by atoms with Gasteiger partial charge in [-0.25, -0.2) is 4.39 Å². The molecule has 2 fully saturated rings. The van der Waals surface area contributed by atoms with Crippen LogP contribution in [0.1, 0.15) is 24.8 Å². The zero-order chi connectivity index (χ0) is 22.3. The fourth-order valence-corrected chi connectivity index (χ4v) is 4.71. The summed E-state index contributed by atoms with van der Waals surface area (Å²) in [7, 11) is 0. The lowest BCUT2D eigenvalue weighted by atomic mass is 10.0. The standard InChI is InChI=1S/C25H31FN4O2/c26-21-4-1-3-20(17-21)18-25(32)27-22-5-7-23(8-6-22)30-13-9-24(10-14-30)29-12-2-11-28(19-31)15-16-29/h1,3-8,17,19,24H,2,9-16,18H2,(H,27,32). The fraction of sp³-hybridized carbons (Fsp3) is 0.440. The molecule has 0 radical (unpaired) electrons. The highest BCUT2D eigenvalue weighted by molar-refractivity contribution is 5.92. The Hall–Kier alpha value is -2.93. The zero-order valence-electron chi connectivity index (χ0n) is 18.4. The summed E-state index contributed by atoms with van der Waals surface area (Å²) in [5, 5.41) is 2.89. The number of piperidine rings is 1. The van der Waals surface area contributed by atoms with E-state index in [0.29, 0.717) is 11.6 Å². The van der Waals surface area contributed by atoms with E-state index in [1.807, 2.05) is 29.2 Å². The second-order valence-corrected chi connectivity index (χ2v) is 8.65. The molecule has 0 saturated carbocycles. The third-order valence-corrected chi connectivity index (χ3v) is 6.46. The van der Waals surface area contributed by atoms with Crippen molar-refractivity contribution < 1.29 is 14.0 Å². The number of hydrogen-bond donors (Lipinski definition) is 1. The molecule has 2 aromatic carbocycles. The lowest BCUT2D eigenvalue weighted by Crippen LogP contribution is -2.46. The minimum atomic E-state index is -0.331. The van der Waals surface area contributed by atoms with E-state index in [1.165, 1.54) is 12.1 Å².